The van der Waals surface area contributed by atoms with Gasteiger partial charge in [0.2, 0.25) is 5.88 Å². The molecule has 0 aliphatic heterocycles. The Balaban J connectivity index is 1.93. The van der Waals surface area contributed by atoms with E-state index >= 15 is 0 Å². The van der Waals surface area contributed by atoms with Crippen molar-refractivity contribution in [3.8, 4) is 11.6 Å². The molecule has 0 saturated carbocycles. The Labute approximate surface area is 161 Å². The van der Waals surface area contributed by atoms with E-state index in [0.29, 0.717) is 18.0 Å². The Kier molecular flexibility index (Phi) is 5.32. The molecule has 3 aromatic rings. The number of halogens is 1. The van der Waals surface area contributed by atoms with Crippen LogP contribution in [-0.4, -0.2) is 26.9 Å². The van der Waals surface area contributed by atoms with Gasteiger partial charge in [0, 0.05) is 13.2 Å². The molecule has 0 bridgehead atoms. The number of carbonyl (C=O) groups is 1. The zero-order valence-electron chi connectivity index (χ0n) is 15.2. The lowest BCUT2D eigenvalue weighted by Gasteiger charge is -2.07. The average molecular weight is 387 g/mol. The van der Waals surface area contributed by atoms with Crippen molar-refractivity contribution in [1.29, 1.82) is 0 Å². The van der Waals surface area contributed by atoms with Crippen molar-refractivity contribution in [2.24, 2.45) is 7.05 Å². The van der Waals surface area contributed by atoms with Gasteiger partial charge < -0.3 is 10.1 Å². The third kappa shape index (κ3) is 3.59. The summed E-state index contributed by atoms with van der Waals surface area (Å²) < 4.78 is 8.45. The number of para-hydroxylation sites is 1. The van der Waals surface area contributed by atoms with E-state index in [1.807, 2.05) is 37.3 Å². The second-order valence-corrected chi connectivity index (χ2v) is 6.24. The maximum atomic E-state index is 12.8. The number of rotatable bonds is 5. The zero-order chi connectivity index (χ0) is 19.6. The van der Waals surface area contributed by atoms with Crippen molar-refractivity contribution in [2.75, 3.05) is 11.9 Å². The molecule has 0 atom stereocenters. The molecule has 3 rings (SSSR count). The van der Waals surface area contributed by atoms with E-state index in [0.717, 1.165) is 0 Å². The van der Waals surface area contributed by atoms with Crippen molar-refractivity contribution in [1.82, 2.24) is 14.3 Å². The molecule has 7 nitrogen and oxygen atoms in total. The number of hydrogen-bond acceptors (Lipinski definition) is 4. The normalized spacial score (nSPS) is 10.7. The molecule has 140 valence electrons. The van der Waals surface area contributed by atoms with Crippen molar-refractivity contribution < 1.29 is 9.53 Å². The molecule has 0 aliphatic rings. The minimum Gasteiger partial charge on any atom is -0.477 e. The number of nitrogens with one attached hydrogen (secondary N) is 1. The van der Waals surface area contributed by atoms with E-state index in [2.05, 4.69) is 10.3 Å². The molecule has 27 heavy (non-hydrogen) atoms. The first-order valence-corrected chi connectivity index (χ1v) is 8.75. The fourth-order valence-corrected chi connectivity index (χ4v) is 2.91. The molecule has 1 aromatic carbocycles. The number of amides is 1. The van der Waals surface area contributed by atoms with Gasteiger partial charge in [-0.3, -0.25) is 14.3 Å². The van der Waals surface area contributed by atoms with Gasteiger partial charge in [-0.2, -0.15) is 0 Å². The summed E-state index contributed by atoms with van der Waals surface area (Å²) in [5.74, 6) is -0.212. The first-order chi connectivity index (χ1) is 12.9. The van der Waals surface area contributed by atoms with Crippen LogP contribution in [0.15, 0.2) is 47.4 Å². The lowest BCUT2D eigenvalue weighted by atomic mass is 10.2. The van der Waals surface area contributed by atoms with Crippen LogP contribution in [0.4, 0.5) is 5.69 Å². The molecule has 0 spiro atoms. The zero-order valence-corrected chi connectivity index (χ0v) is 15.9. The monoisotopic (exact) mass is 386 g/mol. The Hall–Kier alpha value is -3.06. The summed E-state index contributed by atoms with van der Waals surface area (Å²) in [7, 11) is 1.76. The van der Waals surface area contributed by atoms with Gasteiger partial charge in [0.05, 0.1) is 23.6 Å². The van der Waals surface area contributed by atoms with Gasteiger partial charge in [0.15, 0.2) is 0 Å². The molecule has 1 amide bonds. The summed E-state index contributed by atoms with van der Waals surface area (Å²) in [4.78, 5) is 29.5. The van der Waals surface area contributed by atoms with Crippen LogP contribution in [0, 0.1) is 6.92 Å². The number of aromatic nitrogens is 3. The number of benzene rings is 1. The number of hydrogen-bond donors (Lipinski definition) is 1. The highest BCUT2D eigenvalue weighted by molar-refractivity contribution is 6.32. The topological polar surface area (TPSA) is 78.2 Å². The van der Waals surface area contributed by atoms with Crippen LogP contribution < -0.4 is 15.6 Å². The molecule has 0 aliphatic carbocycles. The molecule has 2 heterocycles. The van der Waals surface area contributed by atoms with Gasteiger partial charge >= 0.3 is 0 Å². The number of nitrogens with zero attached hydrogens (tertiary/aromatic N) is 3. The third-order valence-corrected chi connectivity index (χ3v) is 4.41. The SMILES string of the molecule is CCOc1ncc(C(=O)Nc2c(C)n(C)n(-c3ccccc3)c2=O)cc1Cl. The van der Waals surface area contributed by atoms with Crippen LogP contribution in [0.25, 0.3) is 5.69 Å². The molecule has 0 unspecified atom stereocenters. The molecular weight excluding hydrogens is 368 g/mol. The van der Waals surface area contributed by atoms with Crippen molar-refractivity contribution in [2.45, 2.75) is 13.8 Å². The van der Waals surface area contributed by atoms with Gasteiger partial charge in [-0.1, -0.05) is 29.8 Å². The van der Waals surface area contributed by atoms with Crippen LogP contribution in [0.5, 0.6) is 5.88 Å². The first-order valence-electron chi connectivity index (χ1n) is 8.37. The molecule has 2 aromatic heterocycles. The molecule has 0 fully saturated rings. The second kappa shape index (κ2) is 7.67. The van der Waals surface area contributed by atoms with E-state index in [9.17, 15) is 9.59 Å². The average Bonchev–Trinajstić information content (AvgIpc) is 2.87. The van der Waals surface area contributed by atoms with E-state index < -0.39 is 5.91 Å². The highest BCUT2D eigenvalue weighted by Crippen LogP contribution is 2.23. The van der Waals surface area contributed by atoms with E-state index in [4.69, 9.17) is 16.3 Å². The van der Waals surface area contributed by atoms with Crippen LogP contribution in [0.1, 0.15) is 23.0 Å². The van der Waals surface area contributed by atoms with Crippen LogP contribution in [0.2, 0.25) is 5.02 Å². The maximum Gasteiger partial charge on any atom is 0.295 e. The largest absolute Gasteiger partial charge is 0.477 e. The van der Waals surface area contributed by atoms with Crippen molar-refractivity contribution in [3.05, 3.63) is 69.2 Å². The van der Waals surface area contributed by atoms with E-state index in [1.165, 1.54) is 16.9 Å². The summed E-state index contributed by atoms with van der Waals surface area (Å²) in [6.45, 7) is 3.99. The third-order valence-electron chi connectivity index (χ3n) is 4.14. The summed E-state index contributed by atoms with van der Waals surface area (Å²) >= 11 is 6.09. The Morgan fingerprint density at radius 3 is 2.63 bits per heavy atom. The number of ether oxygens (including phenoxy) is 1. The number of anilines is 1. The minimum atomic E-state index is -0.474. The van der Waals surface area contributed by atoms with Gasteiger partial charge in [-0.05, 0) is 32.0 Å². The molecule has 1 N–H and O–H groups in total. The molecule has 0 radical (unpaired) electrons. The number of carbonyl (C=O) groups excluding carboxylic acids is 1. The van der Waals surface area contributed by atoms with Gasteiger partial charge in [0.1, 0.15) is 10.7 Å². The fourth-order valence-electron chi connectivity index (χ4n) is 2.69. The molecular formula is C19H19ClN4O3. The number of pyridine rings is 1. The second-order valence-electron chi connectivity index (χ2n) is 5.83. The lowest BCUT2D eigenvalue weighted by molar-refractivity contribution is 0.102. The van der Waals surface area contributed by atoms with Crippen LogP contribution >= 0.6 is 11.6 Å². The Bertz CT molecular complexity index is 1040. The Morgan fingerprint density at radius 2 is 2.00 bits per heavy atom. The maximum absolute atomic E-state index is 12.8. The summed E-state index contributed by atoms with van der Waals surface area (Å²) in [6.07, 6.45) is 1.36. The fraction of sp³-hybridized carbons (Fsp3) is 0.211. The minimum absolute atomic E-state index is 0.205. The van der Waals surface area contributed by atoms with Crippen molar-refractivity contribution in [3.63, 3.8) is 0 Å². The predicted molar refractivity (Wildman–Crippen MR) is 104 cm³/mol. The highest BCUT2D eigenvalue weighted by atomic mass is 35.5. The van der Waals surface area contributed by atoms with Gasteiger partial charge in [-0.15, -0.1) is 0 Å². The van der Waals surface area contributed by atoms with Crippen molar-refractivity contribution >= 4 is 23.2 Å². The smallest absolute Gasteiger partial charge is 0.295 e. The van der Waals surface area contributed by atoms with Gasteiger partial charge in [-0.25, -0.2) is 9.67 Å². The van der Waals surface area contributed by atoms with E-state index in [1.54, 1.807) is 18.7 Å². The lowest BCUT2D eigenvalue weighted by Crippen LogP contribution is -2.23. The molecule has 8 heteroatoms. The summed E-state index contributed by atoms with van der Waals surface area (Å²) in [6, 6.07) is 10.7. The van der Waals surface area contributed by atoms with Crippen LogP contribution in [0.3, 0.4) is 0 Å². The highest BCUT2D eigenvalue weighted by Gasteiger charge is 2.19. The standard InChI is InChI=1S/C19H19ClN4O3/c1-4-27-18-15(20)10-13(11-21-18)17(25)22-16-12(2)23(3)24(19(16)26)14-8-6-5-7-9-14/h5-11H,4H2,1-3H3,(H,22,25). The quantitative estimate of drug-likeness (QED) is 0.730. The summed E-state index contributed by atoms with van der Waals surface area (Å²) in [5, 5.41) is 2.90. The molecule has 0 saturated heterocycles. The van der Waals surface area contributed by atoms with Crippen LogP contribution in [-0.2, 0) is 7.05 Å². The van der Waals surface area contributed by atoms with E-state index in [-0.39, 0.29) is 27.7 Å². The van der Waals surface area contributed by atoms with Gasteiger partial charge in [0.25, 0.3) is 11.5 Å². The first kappa shape index (κ1) is 18.7. The summed E-state index contributed by atoms with van der Waals surface area (Å²) in [5.41, 5.74) is 1.45. The Morgan fingerprint density at radius 1 is 1.30 bits per heavy atom. The predicted octanol–water partition coefficient (Wildman–Crippen LogP) is 3.18.